The summed E-state index contributed by atoms with van der Waals surface area (Å²) in [6.45, 7) is 0.0263. The van der Waals surface area contributed by atoms with Crippen LogP contribution >= 0.6 is 0 Å². The van der Waals surface area contributed by atoms with Crippen molar-refractivity contribution < 1.29 is 32.2 Å². The van der Waals surface area contributed by atoms with E-state index in [1.807, 2.05) is 48.5 Å². The van der Waals surface area contributed by atoms with Gasteiger partial charge in [-0.25, -0.2) is 18.1 Å². The minimum Gasteiger partial charge on any atom is -0.497 e. The SMILES string of the molecule is COc1ccc2cc(S(=O)(=O)N[C@H](CC(=O)NC3N=C(c4ccccc4)c4ccccc4NC3=O)c3ccc4c(c3)OCO4)ccc2c1. The largest absolute Gasteiger partial charge is 0.497 e. The molecule has 0 saturated heterocycles. The van der Waals surface area contributed by atoms with Crippen LogP contribution in [0.3, 0.4) is 0 Å². The highest BCUT2D eigenvalue weighted by atomic mass is 32.2. The van der Waals surface area contributed by atoms with Crippen molar-refractivity contribution in [2.45, 2.75) is 23.5 Å². The number of nitrogens with zero attached hydrogens (tertiary/aromatic N) is 1. The molecule has 2 atom stereocenters. The summed E-state index contributed by atoms with van der Waals surface area (Å²) in [7, 11) is -2.58. The van der Waals surface area contributed by atoms with E-state index in [-0.39, 0.29) is 18.1 Å². The van der Waals surface area contributed by atoms with Crippen LogP contribution < -0.4 is 29.6 Å². The fourth-order valence-electron chi connectivity index (χ4n) is 5.69. The zero-order chi connectivity index (χ0) is 33.3. The lowest BCUT2D eigenvalue weighted by Gasteiger charge is -2.21. The molecule has 1 unspecified atom stereocenters. The molecule has 5 aromatic carbocycles. The van der Waals surface area contributed by atoms with Crippen LogP contribution in [0.25, 0.3) is 10.8 Å². The van der Waals surface area contributed by atoms with Gasteiger partial charge in [0.25, 0.3) is 5.91 Å². The predicted octanol–water partition coefficient (Wildman–Crippen LogP) is 4.92. The Kier molecular flexibility index (Phi) is 8.26. The van der Waals surface area contributed by atoms with E-state index in [0.29, 0.717) is 45.2 Å². The first-order valence-corrected chi connectivity index (χ1v) is 16.6. The zero-order valence-electron chi connectivity index (χ0n) is 25.7. The van der Waals surface area contributed by atoms with Crippen LogP contribution in [0, 0.1) is 0 Å². The maximum Gasteiger partial charge on any atom is 0.269 e. The number of methoxy groups -OCH3 is 1. The molecule has 0 spiro atoms. The standard InChI is InChI=1S/C36H30N4O7S/c1-45-26-14-11-24-18-27(15-12-23(24)17-26)48(43,44)40-30(25-13-16-31-32(19-25)47-21-46-31)20-33(41)38-35-36(42)37-29-10-6-5-9-28(29)34(39-35)22-7-3-2-4-8-22/h2-19,30,35,40H,20-21H2,1H3,(H,37,42)(H,38,41)/t30-,35?/m1/s1. The van der Waals surface area contributed by atoms with Gasteiger partial charge in [-0.15, -0.1) is 0 Å². The number of para-hydroxylation sites is 1. The van der Waals surface area contributed by atoms with Gasteiger partial charge in [0.15, 0.2) is 11.5 Å². The summed E-state index contributed by atoms with van der Waals surface area (Å²) in [4.78, 5) is 31.8. The normalized spacial score (nSPS) is 15.9. The number of hydrogen-bond donors (Lipinski definition) is 3. The minimum absolute atomic E-state index is 0.0179. The Morgan fingerprint density at radius 1 is 0.917 bits per heavy atom. The number of ether oxygens (including phenoxy) is 3. The zero-order valence-corrected chi connectivity index (χ0v) is 26.5. The average molecular weight is 663 g/mol. The number of rotatable bonds is 9. The molecular weight excluding hydrogens is 632 g/mol. The van der Waals surface area contributed by atoms with Gasteiger partial charge in [-0.3, -0.25) is 9.59 Å². The third-order valence-electron chi connectivity index (χ3n) is 8.11. The molecule has 0 radical (unpaired) electrons. The van der Waals surface area contributed by atoms with Gasteiger partial charge < -0.3 is 24.8 Å². The molecule has 0 aromatic heterocycles. The summed E-state index contributed by atoms with van der Waals surface area (Å²) >= 11 is 0. The molecule has 0 aliphatic carbocycles. The van der Waals surface area contributed by atoms with Crippen LogP contribution in [-0.4, -0.2) is 46.0 Å². The van der Waals surface area contributed by atoms with Crippen LogP contribution in [0.5, 0.6) is 17.2 Å². The smallest absolute Gasteiger partial charge is 0.269 e. The number of carbonyl (C=O) groups excluding carboxylic acids is 2. The number of anilines is 1. The molecular formula is C36H30N4O7S. The highest BCUT2D eigenvalue weighted by Crippen LogP contribution is 2.35. The van der Waals surface area contributed by atoms with Crippen molar-refractivity contribution in [1.29, 1.82) is 0 Å². The molecule has 2 heterocycles. The maximum atomic E-state index is 13.8. The van der Waals surface area contributed by atoms with Crippen molar-refractivity contribution in [3.63, 3.8) is 0 Å². The second kappa shape index (κ2) is 12.8. The van der Waals surface area contributed by atoms with Crippen molar-refractivity contribution in [2.24, 2.45) is 4.99 Å². The second-order valence-corrected chi connectivity index (χ2v) is 12.9. The lowest BCUT2D eigenvalue weighted by molar-refractivity contribution is -0.126. The summed E-state index contributed by atoms with van der Waals surface area (Å²) in [6.07, 6.45) is -1.64. The number of fused-ring (bicyclic) bond motifs is 3. The van der Waals surface area contributed by atoms with E-state index in [4.69, 9.17) is 14.2 Å². The molecule has 242 valence electrons. The van der Waals surface area contributed by atoms with Gasteiger partial charge in [-0.05, 0) is 58.8 Å². The Morgan fingerprint density at radius 3 is 2.50 bits per heavy atom. The molecule has 2 aliphatic heterocycles. The Labute approximate surface area is 276 Å². The third-order valence-corrected chi connectivity index (χ3v) is 9.58. The monoisotopic (exact) mass is 662 g/mol. The number of nitrogens with one attached hydrogen (secondary N) is 3. The second-order valence-electron chi connectivity index (χ2n) is 11.2. The van der Waals surface area contributed by atoms with E-state index in [2.05, 4.69) is 20.3 Å². The number of sulfonamides is 1. The lowest BCUT2D eigenvalue weighted by Crippen LogP contribution is -2.43. The highest BCUT2D eigenvalue weighted by molar-refractivity contribution is 7.89. The topological polar surface area (TPSA) is 144 Å². The van der Waals surface area contributed by atoms with E-state index in [1.54, 1.807) is 61.7 Å². The molecule has 0 fully saturated rings. The molecule has 11 nitrogen and oxygen atoms in total. The van der Waals surface area contributed by atoms with Crippen molar-refractivity contribution in [2.75, 3.05) is 19.2 Å². The van der Waals surface area contributed by atoms with E-state index >= 15 is 0 Å². The highest BCUT2D eigenvalue weighted by Gasteiger charge is 2.30. The third kappa shape index (κ3) is 6.31. The number of hydrogen-bond acceptors (Lipinski definition) is 8. The van der Waals surface area contributed by atoms with E-state index < -0.39 is 34.0 Å². The van der Waals surface area contributed by atoms with Crippen LogP contribution in [0.15, 0.2) is 119 Å². The molecule has 48 heavy (non-hydrogen) atoms. The predicted molar refractivity (Wildman–Crippen MR) is 180 cm³/mol. The Morgan fingerprint density at radius 2 is 1.67 bits per heavy atom. The molecule has 0 saturated carbocycles. The van der Waals surface area contributed by atoms with Crippen molar-refractivity contribution >= 4 is 44.0 Å². The molecule has 0 bridgehead atoms. The van der Waals surface area contributed by atoms with Crippen LogP contribution in [0.4, 0.5) is 5.69 Å². The van der Waals surface area contributed by atoms with Gasteiger partial charge in [-0.2, -0.15) is 0 Å². The van der Waals surface area contributed by atoms with Gasteiger partial charge in [0.2, 0.25) is 28.9 Å². The van der Waals surface area contributed by atoms with E-state index in [1.165, 1.54) is 6.07 Å². The Balaban J connectivity index is 1.19. The molecule has 3 N–H and O–H groups in total. The van der Waals surface area contributed by atoms with Gasteiger partial charge in [0.05, 0.1) is 29.4 Å². The number of aliphatic imine (C=N–C) groups is 1. The number of benzodiazepines with no additional fused rings is 1. The number of benzene rings is 5. The minimum atomic E-state index is -4.15. The van der Waals surface area contributed by atoms with E-state index in [0.717, 1.165) is 10.9 Å². The maximum absolute atomic E-state index is 13.8. The van der Waals surface area contributed by atoms with Gasteiger partial charge in [0.1, 0.15) is 5.75 Å². The Hall–Kier alpha value is -5.72. The lowest BCUT2D eigenvalue weighted by atomic mass is 10.0. The van der Waals surface area contributed by atoms with Crippen LogP contribution in [0.1, 0.15) is 29.2 Å². The quantitative estimate of drug-likeness (QED) is 0.203. The first-order valence-electron chi connectivity index (χ1n) is 15.1. The molecule has 12 heteroatoms. The molecule has 7 rings (SSSR count). The van der Waals surface area contributed by atoms with Crippen molar-refractivity contribution in [1.82, 2.24) is 10.0 Å². The van der Waals surface area contributed by atoms with E-state index in [9.17, 15) is 18.0 Å². The summed E-state index contributed by atoms with van der Waals surface area (Å²) in [5, 5.41) is 7.07. The average Bonchev–Trinajstić information content (AvgIpc) is 3.53. The van der Waals surface area contributed by atoms with Crippen molar-refractivity contribution in [3.05, 3.63) is 126 Å². The molecule has 2 aliphatic rings. The first-order chi connectivity index (χ1) is 23.3. The van der Waals surface area contributed by atoms with Gasteiger partial charge in [0, 0.05) is 17.5 Å². The fraction of sp³-hybridized carbons (Fsp3) is 0.139. The first kappa shape index (κ1) is 30.9. The van der Waals surface area contributed by atoms with Crippen LogP contribution in [-0.2, 0) is 19.6 Å². The number of amides is 2. The summed E-state index contributed by atoms with van der Waals surface area (Å²) in [6, 6.07) is 30.6. The molecule has 2 amide bonds. The summed E-state index contributed by atoms with van der Waals surface area (Å²) in [5.41, 5.74) is 3.02. The molecule has 5 aromatic rings. The summed E-state index contributed by atoms with van der Waals surface area (Å²) in [5.74, 6) is 0.446. The summed E-state index contributed by atoms with van der Waals surface area (Å²) < 4.78 is 46.5. The van der Waals surface area contributed by atoms with Crippen LogP contribution in [0.2, 0.25) is 0 Å². The van der Waals surface area contributed by atoms with Gasteiger partial charge in [-0.1, -0.05) is 66.7 Å². The number of carbonyl (C=O) groups is 2. The fourth-order valence-corrected chi connectivity index (χ4v) is 6.95. The van der Waals surface area contributed by atoms with Gasteiger partial charge >= 0.3 is 0 Å². The Bertz CT molecular complexity index is 2190. The van der Waals surface area contributed by atoms with Crippen molar-refractivity contribution in [3.8, 4) is 17.2 Å².